The molecule has 0 aliphatic carbocycles. The number of unbranched alkanes of at least 4 members (excludes halogenated alkanes) is 5. The van der Waals surface area contributed by atoms with Crippen LogP contribution in [0.1, 0.15) is 51.4 Å². The molecule has 2 heteroatoms. The zero-order valence-corrected chi connectivity index (χ0v) is 10.2. The molecular weight excluding hydrogens is 184 g/mol. The predicted molar refractivity (Wildman–Crippen MR) is 63.3 cm³/mol. The quantitative estimate of drug-likeness (QED) is 0.467. The summed E-state index contributed by atoms with van der Waals surface area (Å²) < 4.78 is 1.32. The summed E-state index contributed by atoms with van der Waals surface area (Å²) in [6.07, 6.45) is 10.0. The van der Waals surface area contributed by atoms with Crippen LogP contribution in [0.25, 0.3) is 0 Å². The van der Waals surface area contributed by atoms with Gasteiger partial charge in [-0.2, -0.15) is 5.26 Å². The number of nitrogens with zero attached hydrogens (tertiary/aromatic N) is 2. The third-order valence-corrected chi connectivity index (χ3v) is 3.63. The Bertz CT molecular complexity index is 199. The highest BCUT2D eigenvalue weighted by Gasteiger charge is 2.25. The van der Waals surface area contributed by atoms with Crippen LogP contribution in [0.3, 0.4) is 0 Å². The van der Waals surface area contributed by atoms with Gasteiger partial charge in [-0.3, -0.25) is 0 Å². The van der Waals surface area contributed by atoms with Gasteiger partial charge in [-0.05, 0) is 19.3 Å². The fourth-order valence-electron chi connectivity index (χ4n) is 2.55. The molecule has 1 fully saturated rings. The van der Waals surface area contributed by atoms with Crippen molar-refractivity contribution < 1.29 is 4.48 Å². The van der Waals surface area contributed by atoms with Crippen molar-refractivity contribution >= 4 is 0 Å². The second-order valence-corrected chi connectivity index (χ2v) is 5.17. The zero-order chi connectivity index (χ0) is 11.0. The van der Waals surface area contributed by atoms with Crippen LogP contribution in [-0.4, -0.2) is 31.2 Å². The first kappa shape index (κ1) is 12.5. The molecule has 0 unspecified atom stereocenters. The summed E-state index contributed by atoms with van der Waals surface area (Å²) in [4.78, 5) is 0. The van der Waals surface area contributed by atoms with E-state index < -0.39 is 0 Å². The van der Waals surface area contributed by atoms with Crippen LogP contribution in [-0.2, 0) is 0 Å². The Morgan fingerprint density at radius 1 is 1.00 bits per heavy atom. The summed E-state index contributed by atoms with van der Waals surface area (Å²) in [7, 11) is 2.41. The molecule has 0 aromatic rings. The van der Waals surface area contributed by atoms with E-state index in [1.54, 1.807) is 0 Å². The van der Waals surface area contributed by atoms with E-state index in [1.807, 2.05) is 0 Å². The minimum atomic E-state index is 0.744. The molecule has 86 valence electrons. The number of likely N-dealkylation sites (tertiary alicyclic amines) is 1. The molecule has 0 bridgehead atoms. The molecule has 1 aliphatic heterocycles. The lowest BCUT2D eigenvalue weighted by Gasteiger charge is -2.29. The zero-order valence-electron chi connectivity index (χ0n) is 10.2. The summed E-state index contributed by atoms with van der Waals surface area (Å²) >= 11 is 0. The van der Waals surface area contributed by atoms with Gasteiger partial charge in [0.15, 0.2) is 0 Å². The van der Waals surface area contributed by atoms with Gasteiger partial charge in [0.05, 0.1) is 32.8 Å². The summed E-state index contributed by atoms with van der Waals surface area (Å²) in [6.45, 7) is 4.17. The highest BCUT2D eigenvalue weighted by Crippen LogP contribution is 2.17. The molecule has 0 aromatic carbocycles. The SMILES string of the molecule is C[N+]1(CCCCCCCC#N)CCCC1. The summed E-state index contributed by atoms with van der Waals surface area (Å²) in [6, 6.07) is 2.21. The molecule has 1 heterocycles. The monoisotopic (exact) mass is 209 g/mol. The number of quaternary nitrogens is 1. The van der Waals surface area contributed by atoms with Gasteiger partial charge in [0, 0.05) is 19.3 Å². The van der Waals surface area contributed by atoms with E-state index in [1.165, 1.54) is 62.6 Å². The van der Waals surface area contributed by atoms with Crippen molar-refractivity contribution in [2.75, 3.05) is 26.7 Å². The van der Waals surface area contributed by atoms with Gasteiger partial charge in [-0.25, -0.2) is 0 Å². The van der Waals surface area contributed by atoms with Crippen LogP contribution in [0.4, 0.5) is 0 Å². The molecule has 1 saturated heterocycles. The normalized spacial score (nSPS) is 18.9. The number of rotatable bonds is 7. The van der Waals surface area contributed by atoms with Crippen molar-refractivity contribution in [2.45, 2.75) is 51.4 Å². The van der Waals surface area contributed by atoms with Crippen molar-refractivity contribution in [1.29, 1.82) is 5.26 Å². The minimum Gasteiger partial charge on any atom is -0.326 e. The smallest absolute Gasteiger partial charge is 0.0786 e. The average molecular weight is 209 g/mol. The van der Waals surface area contributed by atoms with Crippen LogP contribution in [0.15, 0.2) is 0 Å². The Morgan fingerprint density at radius 2 is 1.60 bits per heavy atom. The topological polar surface area (TPSA) is 23.8 Å². The summed E-state index contributed by atoms with van der Waals surface area (Å²) in [5, 5.41) is 8.39. The largest absolute Gasteiger partial charge is 0.326 e. The standard InChI is InChI=1S/C13H25N2/c1-15(12-8-9-13-15)11-7-5-3-2-4-6-10-14/h2-9,11-13H2,1H3/q+1. The van der Waals surface area contributed by atoms with Crippen LogP contribution < -0.4 is 0 Å². The third kappa shape index (κ3) is 5.18. The van der Waals surface area contributed by atoms with Crippen LogP contribution in [0.5, 0.6) is 0 Å². The molecule has 2 nitrogen and oxygen atoms in total. The van der Waals surface area contributed by atoms with Crippen molar-refractivity contribution in [3.63, 3.8) is 0 Å². The molecule has 0 radical (unpaired) electrons. The molecule has 0 saturated carbocycles. The second kappa shape index (κ2) is 6.85. The minimum absolute atomic E-state index is 0.744. The van der Waals surface area contributed by atoms with Crippen LogP contribution in [0.2, 0.25) is 0 Å². The number of hydrogen-bond acceptors (Lipinski definition) is 1. The fraction of sp³-hybridized carbons (Fsp3) is 0.923. The van der Waals surface area contributed by atoms with Gasteiger partial charge in [-0.15, -0.1) is 0 Å². The molecule has 0 aromatic heterocycles. The Kier molecular flexibility index (Phi) is 5.71. The van der Waals surface area contributed by atoms with Gasteiger partial charge in [0.2, 0.25) is 0 Å². The molecule has 0 spiro atoms. The van der Waals surface area contributed by atoms with Crippen molar-refractivity contribution in [1.82, 2.24) is 0 Å². The van der Waals surface area contributed by atoms with Gasteiger partial charge in [0.1, 0.15) is 0 Å². The van der Waals surface area contributed by atoms with Crippen LogP contribution >= 0.6 is 0 Å². The number of hydrogen-bond donors (Lipinski definition) is 0. The van der Waals surface area contributed by atoms with E-state index in [4.69, 9.17) is 5.26 Å². The second-order valence-electron chi connectivity index (χ2n) is 5.17. The Balaban J connectivity index is 1.90. The average Bonchev–Trinajstić information content (AvgIpc) is 2.64. The first-order valence-corrected chi connectivity index (χ1v) is 6.47. The summed E-state index contributed by atoms with van der Waals surface area (Å²) in [5.74, 6) is 0. The van der Waals surface area contributed by atoms with Gasteiger partial charge in [0.25, 0.3) is 0 Å². The molecule has 1 rings (SSSR count). The van der Waals surface area contributed by atoms with Gasteiger partial charge < -0.3 is 4.48 Å². The maximum Gasteiger partial charge on any atom is 0.0786 e. The van der Waals surface area contributed by atoms with E-state index in [0.29, 0.717) is 0 Å². The van der Waals surface area contributed by atoms with E-state index in [9.17, 15) is 0 Å². The lowest BCUT2D eigenvalue weighted by Crippen LogP contribution is -2.41. The van der Waals surface area contributed by atoms with E-state index >= 15 is 0 Å². The van der Waals surface area contributed by atoms with Crippen molar-refractivity contribution in [3.05, 3.63) is 0 Å². The molecular formula is C13H25N2+. The van der Waals surface area contributed by atoms with Crippen molar-refractivity contribution in [3.8, 4) is 6.07 Å². The molecule has 0 N–H and O–H groups in total. The van der Waals surface area contributed by atoms with E-state index in [2.05, 4.69) is 13.1 Å². The fourth-order valence-corrected chi connectivity index (χ4v) is 2.55. The lowest BCUT2D eigenvalue weighted by molar-refractivity contribution is -0.897. The Morgan fingerprint density at radius 3 is 2.27 bits per heavy atom. The molecule has 1 aliphatic rings. The number of nitriles is 1. The maximum absolute atomic E-state index is 8.39. The highest BCUT2D eigenvalue weighted by atomic mass is 15.3. The lowest BCUT2D eigenvalue weighted by atomic mass is 10.1. The molecule has 0 amide bonds. The summed E-state index contributed by atoms with van der Waals surface area (Å²) in [5.41, 5.74) is 0. The third-order valence-electron chi connectivity index (χ3n) is 3.63. The Hall–Kier alpha value is -0.550. The van der Waals surface area contributed by atoms with Gasteiger partial charge >= 0.3 is 0 Å². The predicted octanol–water partition coefficient (Wildman–Crippen LogP) is 3.09. The van der Waals surface area contributed by atoms with E-state index in [0.717, 1.165) is 12.8 Å². The van der Waals surface area contributed by atoms with Gasteiger partial charge in [-0.1, -0.05) is 12.8 Å². The first-order valence-electron chi connectivity index (χ1n) is 6.47. The highest BCUT2D eigenvalue weighted by molar-refractivity contribution is 4.67. The van der Waals surface area contributed by atoms with E-state index in [-0.39, 0.29) is 0 Å². The molecule has 15 heavy (non-hydrogen) atoms. The van der Waals surface area contributed by atoms with Crippen LogP contribution in [0, 0.1) is 11.3 Å². The Labute approximate surface area is 94.5 Å². The maximum atomic E-state index is 8.39. The van der Waals surface area contributed by atoms with Crippen molar-refractivity contribution in [2.24, 2.45) is 0 Å². The molecule has 0 atom stereocenters. The first-order chi connectivity index (χ1) is 7.27.